The standard InChI is InChI=1S/C22H26N6O2/c29-22(30)27-12-2-3-17(27)13-24-20-9-10-21-25-14-19(28(21)26-20)16-7-5-15(6-8-16)18-4-1-11-23-18/h5-10,14,17-18,23H,1-4,11-13H2,(H,24,26)(H,29,30). The van der Waals surface area contributed by atoms with Crippen LogP contribution in [0.4, 0.5) is 10.6 Å². The zero-order valence-corrected chi connectivity index (χ0v) is 16.8. The molecule has 2 fully saturated rings. The topological polar surface area (TPSA) is 94.8 Å². The fourth-order valence-electron chi connectivity index (χ4n) is 4.54. The number of nitrogens with one attached hydrogen (secondary N) is 2. The van der Waals surface area contributed by atoms with Gasteiger partial charge in [0.25, 0.3) is 0 Å². The van der Waals surface area contributed by atoms with Gasteiger partial charge in [-0.2, -0.15) is 0 Å². The van der Waals surface area contributed by atoms with Crippen molar-refractivity contribution in [2.24, 2.45) is 0 Å². The van der Waals surface area contributed by atoms with Crippen LogP contribution in [0.5, 0.6) is 0 Å². The highest BCUT2D eigenvalue weighted by molar-refractivity contribution is 5.66. The van der Waals surface area contributed by atoms with Crippen LogP contribution in [0.1, 0.15) is 37.3 Å². The quantitative estimate of drug-likeness (QED) is 0.601. The van der Waals surface area contributed by atoms with Gasteiger partial charge in [0.05, 0.1) is 17.9 Å². The Morgan fingerprint density at radius 2 is 2.03 bits per heavy atom. The number of benzene rings is 1. The number of imidazole rings is 1. The van der Waals surface area contributed by atoms with Gasteiger partial charge in [-0.1, -0.05) is 24.3 Å². The Morgan fingerprint density at radius 3 is 2.80 bits per heavy atom. The summed E-state index contributed by atoms with van der Waals surface area (Å²) >= 11 is 0. The summed E-state index contributed by atoms with van der Waals surface area (Å²) in [5, 5.41) is 20.9. The average molecular weight is 406 g/mol. The molecule has 2 aliphatic rings. The number of aromatic nitrogens is 3. The molecule has 2 unspecified atom stereocenters. The van der Waals surface area contributed by atoms with E-state index in [0.29, 0.717) is 24.9 Å². The van der Waals surface area contributed by atoms with Gasteiger partial charge >= 0.3 is 6.09 Å². The smallest absolute Gasteiger partial charge is 0.407 e. The first-order chi connectivity index (χ1) is 14.7. The lowest BCUT2D eigenvalue weighted by Crippen LogP contribution is -2.38. The number of hydrogen-bond acceptors (Lipinski definition) is 5. The summed E-state index contributed by atoms with van der Waals surface area (Å²) in [7, 11) is 0. The van der Waals surface area contributed by atoms with E-state index in [1.807, 2.05) is 22.8 Å². The van der Waals surface area contributed by atoms with E-state index in [1.54, 1.807) is 0 Å². The lowest BCUT2D eigenvalue weighted by Gasteiger charge is -2.21. The Balaban J connectivity index is 1.35. The predicted octanol–water partition coefficient (Wildman–Crippen LogP) is 3.38. The highest BCUT2D eigenvalue weighted by atomic mass is 16.4. The molecular formula is C22H26N6O2. The first-order valence-electron chi connectivity index (χ1n) is 10.6. The van der Waals surface area contributed by atoms with Crippen molar-refractivity contribution in [2.75, 3.05) is 25.0 Å². The molecule has 0 radical (unpaired) electrons. The third-order valence-corrected chi connectivity index (χ3v) is 6.17. The molecule has 0 spiro atoms. The van der Waals surface area contributed by atoms with Crippen LogP contribution in [0.2, 0.25) is 0 Å². The zero-order chi connectivity index (χ0) is 20.5. The summed E-state index contributed by atoms with van der Waals surface area (Å²) in [6.45, 7) is 2.24. The van der Waals surface area contributed by atoms with Crippen LogP contribution in [-0.4, -0.2) is 56.4 Å². The van der Waals surface area contributed by atoms with E-state index in [0.717, 1.165) is 36.3 Å². The van der Waals surface area contributed by atoms with E-state index >= 15 is 0 Å². The van der Waals surface area contributed by atoms with Crippen LogP contribution < -0.4 is 10.6 Å². The number of fused-ring (bicyclic) bond motifs is 1. The second kappa shape index (κ2) is 7.95. The van der Waals surface area contributed by atoms with Gasteiger partial charge in [0, 0.05) is 24.7 Å². The van der Waals surface area contributed by atoms with E-state index in [4.69, 9.17) is 5.10 Å². The lowest BCUT2D eigenvalue weighted by molar-refractivity contribution is 0.142. The zero-order valence-electron chi connectivity index (χ0n) is 16.8. The molecule has 8 heteroatoms. The van der Waals surface area contributed by atoms with Gasteiger partial charge < -0.3 is 20.6 Å². The van der Waals surface area contributed by atoms with Crippen molar-refractivity contribution in [2.45, 2.75) is 37.8 Å². The van der Waals surface area contributed by atoms with Crippen LogP contribution in [0.15, 0.2) is 42.6 Å². The van der Waals surface area contributed by atoms with Gasteiger partial charge in [-0.25, -0.2) is 14.3 Å². The summed E-state index contributed by atoms with van der Waals surface area (Å²) in [5.41, 5.74) is 4.11. The number of anilines is 1. The molecule has 1 aromatic carbocycles. The minimum atomic E-state index is -0.851. The first kappa shape index (κ1) is 18.9. The molecule has 5 rings (SSSR count). The molecule has 0 bridgehead atoms. The summed E-state index contributed by atoms with van der Waals surface area (Å²) in [5.74, 6) is 0.714. The second-order valence-corrected chi connectivity index (χ2v) is 8.06. The maximum Gasteiger partial charge on any atom is 0.407 e. The van der Waals surface area contributed by atoms with Gasteiger partial charge in [0.1, 0.15) is 5.82 Å². The van der Waals surface area contributed by atoms with Gasteiger partial charge in [0.15, 0.2) is 5.65 Å². The maximum absolute atomic E-state index is 11.3. The first-order valence-corrected chi connectivity index (χ1v) is 10.6. The van der Waals surface area contributed by atoms with E-state index in [-0.39, 0.29) is 6.04 Å². The van der Waals surface area contributed by atoms with E-state index in [2.05, 4.69) is 39.9 Å². The highest BCUT2D eigenvalue weighted by Crippen LogP contribution is 2.27. The lowest BCUT2D eigenvalue weighted by atomic mass is 10.0. The SMILES string of the molecule is O=C(O)N1CCCC1CNc1ccc2ncc(-c3ccc(C4CCCN4)cc3)n2n1. The Morgan fingerprint density at radius 1 is 1.17 bits per heavy atom. The molecular weight excluding hydrogens is 380 g/mol. The van der Waals surface area contributed by atoms with Crippen LogP contribution in [0.25, 0.3) is 16.9 Å². The van der Waals surface area contributed by atoms with Crippen molar-refractivity contribution in [3.8, 4) is 11.3 Å². The predicted molar refractivity (Wildman–Crippen MR) is 115 cm³/mol. The number of hydrogen-bond donors (Lipinski definition) is 3. The number of nitrogens with zero attached hydrogens (tertiary/aromatic N) is 4. The maximum atomic E-state index is 11.3. The third-order valence-electron chi connectivity index (χ3n) is 6.17. The molecule has 8 nitrogen and oxygen atoms in total. The largest absolute Gasteiger partial charge is 0.465 e. The molecule has 3 aromatic rings. The van der Waals surface area contributed by atoms with Gasteiger partial charge in [-0.15, -0.1) is 5.10 Å². The average Bonchev–Trinajstić information content (AvgIpc) is 3.52. The second-order valence-electron chi connectivity index (χ2n) is 8.06. The Kier molecular flexibility index (Phi) is 5.00. The minimum absolute atomic E-state index is 0.0148. The summed E-state index contributed by atoms with van der Waals surface area (Å²) < 4.78 is 1.84. The van der Waals surface area contributed by atoms with E-state index < -0.39 is 6.09 Å². The van der Waals surface area contributed by atoms with Crippen LogP contribution >= 0.6 is 0 Å². The molecule has 30 heavy (non-hydrogen) atoms. The van der Waals surface area contributed by atoms with E-state index in [9.17, 15) is 9.90 Å². The van der Waals surface area contributed by atoms with Crippen molar-refractivity contribution < 1.29 is 9.90 Å². The molecule has 156 valence electrons. The van der Waals surface area contributed by atoms with Crippen molar-refractivity contribution >= 4 is 17.6 Å². The molecule has 0 aliphatic carbocycles. The van der Waals surface area contributed by atoms with Gasteiger partial charge in [-0.3, -0.25) is 0 Å². The van der Waals surface area contributed by atoms with Gasteiger partial charge in [0.2, 0.25) is 0 Å². The Labute approximate surface area is 174 Å². The Hall–Kier alpha value is -3.13. The van der Waals surface area contributed by atoms with Crippen molar-refractivity contribution in [3.63, 3.8) is 0 Å². The van der Waals surface area contributed by atoms with Crippen LogP contribution in [0, 0.1) is 0 Å². The monoisotopic (exact) mass is 406 g/mol. The summed E-state index contributed by atoms with van der Waals surface area (Å²) in [6, 6.07) is 12.9. The minimum Gasteiger partial charge on any atom is -0.465 e. The number of carboxylic acid groups (broad SMARTS) is 1. The molecule has 2 atom stereocenters. The summed E-state index contributed by atoms with van der Waals surface area (Å²) in [6.07, 6.45) is 5.19. The number of likely N-dealkylation sites (tertiary alicyclic amines) is 1. The normalized spacial score (nSPS) is 21.4. The number of carbonyl (C=O) groups is 1. The third kappa shape index (κ3) is 3.59. The van der Waals surface area contributed by atoms with Crippen molar-refractivity contribution in [3.05, 3.63) is 48.2 Å². The molecule has 4 heterocycles. The molecule has 2 aromatic heterocycles. The molecule has 1 amide bonds. The number of rotatable bonds is 5. The molecule has 2 saturated heterocycles. The van der Waals surface area contributed by atoms with Crippen molar-refractivity contribution in [1.82, 2.24) is 24.8 Å². The fraction of sp³-hybridized carbons (Fsp3) is 0.409. The molecule has 3 N–H and O–H groups in total. The van der Waals surface area contributed by atoms with E-state index in [1.165, 1.54) is 23.3 Å². The number of amides is 1. The van der Waals surface area contributed by atoms with Crippen LogP contribution in [0.3, 0.4) is 0 Å². The molecule has 2 aliphatic heterocycles. The fourth-order valence-corrected chi connectivity index (χ4v) is 4.54. The molecule has 0 saturated carbocycles. The van der Waals surface area contributed by atoms with Crippen molar-refractivity contribution in [1.29, 1.82) is 0 Å². The van der Waals surface area contributed by atoms with Crippen LogP contribution in [-0.2, 0) is 0 Å². The summed E-state index contributed by atoms with van der Waals surface area (Å²) in [4.78, 5) is 17.3. The highest BCUT2D eigenvalue weighted by Gasteiger charge is 2.28. The van der Waals surface area contributed by atoms with Gasteiger partial charge in [-0.05, 0) is 49.9 Å². The Bertz CT molecular complexity index is 1040.